The smallest absolute Gasteiger partial charge is 0.337 e. The number of pyridine rings is 1. The van der Waals surface area contributed by atoms with E-state index in [1.54, 1.807) is 6.07 Å². The minimum atomic E-state index is -0.356. The summed E-state index contributed by atoms with van der Waals surface area (Å²) >= 11 is 5.87. The standard InChI is InChI=1S/C29H28N4O2S/c1-18-11-13-22(14-12-18)33-27(26(31-29(33)36)25-10-5-6-15-30-25)24-16-19(2)32(20(24)3)23-9-7-8-21(17-23)28(34)35-4/h5-17,26-27H,1-4H3,(H,31,36)/t26-,27-/m0/s1. The lowest BCUT2D eigenvalue weighted by Gasteiger charge is -2.28. The molecule has 5 rings (SSSR count). The van der Waals surface area contributed by atoms with Gasteiger partial charge in [0.25, 0.3) is 0 Å². The zero-order chi connectivity index (χ0) is 25.4. The number of hydrogen-bond donors (Lipinski definition) is 1. The average Bonchev–Trinajstić information content (AvgIpc) is 3.39. The number of carbonyl (C=O) groups is 1. The van der Waals surface area contributed by atoms with Crippen LogP contribution in [0.3, 0.4) is 0 Å². The lowest BCUT2D eigenvalue weighted by Crippen LogP contribution is -2.29. The molecule has 0 unspecified atom stereocenters. The van der Waals surface area contributed by atoms with Crippen LogP contribution in [0.4, 0.5) is 5.69 Å². The first-order valence-corrected chi connectivity index (χ1v) is 12.2. The number of aromatic nitrogens is 2. The van der Waals surface area contributed by atoms with E-state index in [-0.39, 0.29) is 18.1 Å². The molecule has 2 aromatic carbocycles. The molecule has 0 radical (unpaired) electrons. The first-order valence-electron chi connectivity index (χ1n) is 11.8. The third kappa shape index (κ3) is 4.16. The maximum atomic E-state index is 12.2. The third-order valence-electron chi connectivity index (χ3n) is 6.72. The van der Waals surface area contributed by atoms with Crippen molar-refractivity contribution >= 4 is 29.0 Å². The predicted octanol–water partition coefficient (Wildman–Crippen LogP) is 5.76. The van der Waals surface area contributed by atoms with E-state index >= 15 is 0 Å². The van der Waals surface area contributed by atoms with Crippen molar-refractivity contribution in [3.63, 3.8) is 0 Å². The molecule has 0 spiro atoms. The number of methoxy groups -OCH3 is 1. The second-order valence-electron chi connectivity index (χ2n) is 9.04. The Bertz CT molecular complexity index is 1430. The van der Waals surface area contributed by atoms with E-state index in [0.29, 0.717) is 10.7 Å². The highest BCUT2D eigenvalue weighted by Crippen LogP contribution is 2.43. The molecule has 0 amide bonds. The van der Waals surface area contributed by atoms with Gasteiger partial charge in [0, 0.05) is 29.0 Å². The molecule has 36 heavy (non-hydrogen) atoms. The van der Waals surface area contributed by atoms with Crippen LogP contribution in [0, 0.1) is 20.8 Å². The zero-order valence-electron chi connectivity index (χ0n) is 20.7. The number of hydrogen-bond acceptors (Lipinski definition) is 4. The molecule has 1 fully saturated rings. The molecule has 0 aliphatic carbocycles. The summed E-state index contributed by atoms with van der Waals surface area (Å²) in [5, 5.41) is 4.20. The summed E-state index contributed by atoms with van der Waals surface area (Å²) in [6.45, 7) is 6.26. The van der Waals surface area contributed by atoms with E-state index in [1.807, 2.05) is 42.6 Å². The molecule has 1 aliphatic rings. The number of anilines is 1. The van der Waals surface area contributed by atoms with Crippen molar-refractivity contribution in [3.8, 4) is 5.69 Å². The Morgan fingerprint density at radius 3 is 2.44 bits per heavy atom. The molecule has 1 aliphatic heterocycles. The summed E-state index contributed by atoms with van der Waals surface area (Å²) in [6, 6.07) is 23.8. The summed E-state index contributed by atoms with van der Waals surface area (Å²) in [4.78, 5) is 19.0. The Balaban J connectivity index is 1.66. The Hall–Kier alpha value is -3.97. The highest BCUT2D eigenvalue weighted by atomic mass is 32.1. The van der Waals surface area contributed by atoms with Crippen LogP contribution < -0.4 is 10.2 Å². The van der Waals surface area contributed by atoms with Gasteiger partial charge in [-0.1, -0.05) is 29.8 Å². The number of nitrogens with one attached hydrogen (secondary N) is 1. The SMILES string of the molecule is COC(=O)c1cccc(-n2c(C)cc([C@H]3[C@H](c4ccccn4)NC(=S)N3c3ccc(C)cc3)c2C)c1. The van der Waals surface area contributed by atoms with Gasteiger partial charge in [-0.25, -0.2) is 4.79 Å². The Kier molecular flexibility index (Phi) is 6.33. The number of ether oxygens (including phenoxy) is 1. The maximum Gasteiger partial charge on any atom is 0.337 e. The van der Waals surface area contributed by atoms with E-state index in [9.17, 15) is 4.79 Å². The minimum absolute atomic E-state index is 0.112. The second-order valence-corrected chi connectivity index (χ2v) is 9.42. The highest BCUT2D eigenvalue weighted by Gasteiger charge is 2.42. The van der Waals surface area contributed by atoms with E-state index in [4.69, 9.17) is 17.0 Å². The summed E-state index contributed by atoms with van der Waals surface area (Å²) in [6.07, 6.45) is 1.81. The molecule has 3 heterocycles. The van der Waals surface area contributed by atoms with Crippen LogP contribution in [0.2, 0.25) is 0 Å². The van der Waals surface area contributed by atoms with Crippen molar-refractivity contribution in [1.29, 1.82) is 0 Å². The van der Waals surface area contributed by atoms with Crippen LogP contribution in [0.5, 0.6) is 0 Å². The minimum Gasteiger partial charge on any atom is -0.465 e. The van der Waals surface area contributed by atoms with Crippen LogP contribution >= 0.6 is 12.2 Å². The molecule has 7 heteroatoms. The van der Waals surface area contributed by atoms with Crippen molar-refractivity contribution in [2.24, 2.45) is 0 Å². The quantitative estimate of drug-likeness (QED) is 0.280. The van der Waals surface area contributed by atoms with Gasteiger partial charge in [-0.05, 0) is 87.1 Å². The lowest BCUT2D eigenvalue weighted by atomic mass is 9.96. The molecule has 0 saturated carbocycles. The van der Waals surface area contributed by atoms with Gasteiger partial charge in [0.15, 0.2) is 5.11 Å². The van der Waals surface area contributed by atoms with Crippen molar-refractivity contribution in [3.05, 3.63) is 113 Å². The molecule has 4 aromatic rings. The number of benzene rings is 2. The summed E-state index contributed by atoms with van der Waals surface area (Å²) < 4.78 is 7.11. The first kappa shape index (κ1) is 23.8. The fourth-order valence-corrected chi connectivity index (χ4v) is 5.37. The third-order valence-corrected chi connectivity index (χ3v) is 7.04. The van der Waals surface area contributed by atoms with E-state index < -0.39 is 0 Å². The monoisotopic (exact) mass is 496 g/mol. The van der Waals surface area contributed by atoms with Gasteiger partial charge in [0.05, 0.1) is 30.5 Å². The molecular formula is C29H28N4O2S. The Labute approximate surface area is 216 Å². The summed E-state index contributed by atoms with van der Waals surface area (Å²) in [7, 11) is 1.40. The van der Waals surface area contributed by atoms with Gasteiger partial charge in [-0.15, -0.1) is 0 Å². The molecule has 2 aromatic heterocycles. The van der Waals surface area contributed by atoms with Gasteiger partial charge in [-0.3, -0.25) is 4.98 Å². The number of aryl methyl sites for hydroxylation is 2. The Morgan fingerprint density at radius 1 is 0.972 bits per heavy atom. The van der Waals surface area contributed by atoms with E-state index in [2.05, 4.69) is 70.9 Å². The van der Waals surface area contributed by atoms with Crippen molar-refractivity contribution in [1.82, 2.24) is 14.9 Å². The van der Waals surface area contributed by atoms with Crippen LogP contribution in [-0.2, 0) is 4.74 Å². The molecule has 2 atom stereocenters. The summed E-state index contributed by atoms with van der Waals surface area (Å²) in [5.74, 6) is -0.356. The largest absolute Gasteiger partial charge is 0.465 e. The zero-order valence-corrected chi connectivity index (χ0v) is 21.5. The molecule has 182 valence electrons. The number of esters is 1. The number of thiocarbonyl (C=S) groups is 1. The van der Waals surface area contributed by atoms with Crippen LogP contribution in [-0.4, -0.2) is 27.7 Å². The molecule has 0 bridgehead atoms. The maximum absolute atomic E-state index is 12.2. The van der Waals surface area contributed by atoms with Gasteiger partial charge in [0.1, 0.15) is 0 Å². The summed E-state index contributed by atoms with van der Waals surface area (Å²) in [5.41, 5.74) is 7.84. The van der Waals surface area contributed by atoms with Crippen molar-refractivity contribution in [2.45, 2.75) is 32.9 Å². The number of nitrogens with zero attached hydrogens (tertiary/aromatic N) is 3. The normalized spacial score (nSPS) is 17.2. The average molecular weight is 497 g/mol. The van der Waals surface area contributed by atoms with Gasteiger partial charge >= 0.3 is 5.97 Å². The fraction of sp³-hybridized carbons (Fsp3) is 0.207. The number of carbonyl (C=O) groups excluding carboxylic acids is 1. The van der Waals surface area contributed by atoms with Crippen LogP contribution in [0.15, 0.2) is 79.0 Å². The molecule has 1 N–H and O–H groups in total. The van der Waals surface area contributed by atoms with E-state index in [1.165, 1.54) is 12.7 Å². The number of rotatable bonds is 5. The second kappa shape index (κ2) is 9.59. The molecule has 1 saturated heterocycles. The highest BCUT2D eigenvalue weighted by molar-refractivity contribution is 7.80. The first-order chi connectivity index (χ1) is 17.4. The fourth-order valence-electron chi connectivity index (χ4n) is 5.03. The van der Waals surface area contributed by atoms with Gasteiger partial charge < -0.3 is 19.5 Å². The van der Waals surface area contributed by atoms with Crippen molar-refractivity contribution < 1.29 is 9.53 Å². The topological polar surface area (TPSA) is 59.4 Å². The van der Waals surface area contributed by atoms with Crippen LogP contribution in [0.1, 0.15) is 50.7 Å². The molecule has 6 nitrogen and oxygen atoms in total. The lowest BCUT2D eigenvalue weighted by molar-refractivity contribution is 0.0600. The Morgan fingerprint density at radius 2 is 1.75 bits per heavy atom. The molecular weight excluding hydrogens is 468 g/mol. The van der Waals surface area contributed by atoms with Gasteiger partial charge in [-0.2, -0.15) is 0 Å². The van der Waals surface area contributed by atoms with Crippen LogP contribution in [0.25, 0.3) is 5.69 Å². The van der Waals surface area contributed by atoms with E-state index in [0.717, 1.165) is 34.0 Å². The predicted molar refractivity (Wildman–Crippen MR) is 146 cm³/mol. The van der Waals surface area contributed by atoms with Gasteiger partial charge in [0.2, 0.25) is 0 Å². The van der Waals surface area contributed by atoms with Crippen molar-refractivity contribution in [2.75, 3.05) is 12.0 Å².